The van der Waals surface area contributed by atoms with E-state index in [0.717, 1.165) is 12.5 Å². The molecule has 7 heteroatoms. The first-order chi connectivity index (χ1) is 10.4. The van der Waals surface area contributed by atoms with E-state index in [1.165, 1.54) is 0 Å². The van der Waals surface area contributed by atoms with Crippen LogP contribution in [0, 0.1) is 5.41 Å². The summed E-state index contributed by atoms with van der Waals surface area (Å²) in [5, 5.41) is 0. The summed E-state index contributed by atoms with van der Waals surface area (Å²) in [6.07, 6.45) is 1.79. The van der Waals surface area contributed by atoms with Crippen molar-refractivity contribution in [2.45, 2.75) is 44.5 Å². The van der Waals surface area contributed by atoms with Crippen LogP contribution in [0.1, 0.15) is 26.7 Å². The van der Waals surface area contributed by atoms with Crippen LogP contribution in [0.3, 0.4) is 0 Å². The highest BCUT2D eigenvalue weighted by Crippen LogP contribution is 2.56. The van der Waals surface area contributed by atoms with E-state index in [1.54, 1.807) is 13.8 Å². The summed E-state index contributed by atoms with van der Waals surface area (Å²) in [6.45, 7) is 6.82. The molecule has 2 aliphatic heterocycles. The standard InChI is InChI=1S/C15H20O7/c1-4-12(17)19-7-8-20-13(18)14(2)10-5-6-11(22-10)15(14,3)21-9-16/h4,9-11H,1,5-8H2,2-3H3. The second-order valence-electron chi connectivity index (χ2n) is 5.72. The average Bonchev–Trinajstić information content (AvgIpc) is 3.06. The zero-order valence-electron chi connectivity index (χ0n) is 12.7. The molecule has 0 spiro atoms. The molecule has 0 aromatic carbocycles. The molecule has 0 aromatic heterocycles. The number of rotatable bonds is 7. The van der Waals surface area contributed by atoms with Gasteiger partial charge in [0.15, 0.2) is 5.60 Å². The lowest BCUT2D eigenvalue weighted by Gasteiger charge is -2.42. The number of esters is 2. The fourth-order valence-corrected chi connectivity index (χ4v) is 3.24. The van der Waals surface area contributed by atoms with Crippen LogP contribution in [0.15, 0.2) is 12.7 Å². The minimum Gasteiger partial charge on any atom is -0.461 e. The van der Waals surface area contributed by atoms with Gasteiger partial charge in [-0.1, -0.05) is 6.58 Å². The number of fused-ring (bicyclic) bond motifs is 2. The van der Waals surface area contributed by atoms with E-state index in [4.69, 9.17) is 18.9 Å². The Morgan fingerprint density at radius 2 is 1.86 bits per heavy atom. The second kappa shape index (κ2) is 6.08. The minimum atomic E-state index is -1.08. The summed E-state index contributed by atoms with van der Waals surface area (Å²) in [4.78, 5) is 34.2. The highest BCUT2D eigenvalue weighted by Gasteiger charge is 2.70. The Hall–Kier alpha value is -1.89. The average molecular weight is 312 g/mol. The van der Waals surface area contributed by atoms with Gasteiger partial charge in [0.25, 0.3) is 6.47 Å². The van der Waals surface area contributed by atoms with Gasteiger partial charge >= 0.3 is 11.9 Å². The van der Waals surface area contributed by atoms with E-state index in [9.17, 15) is 14.4 Å². The van der Waals surface area contributed by atoms with Gasteiger partial charge in [-0.2, -0.15) is 0 Å². The molecule has 4 unspecified atom stereocenters. The van der Waals surface area contributed by atoms with E-state index in [1.807, 2.05) is 0 Å². The molecule has 2 bridgehead atoms. The summed E-state index contributed by atoms with van der Waals surface area (Å²) < 4.78 is 20.9. The Morgan fingerprint density at radius 3 is 2.50 bits per heavy atom. The summed E-state index contributed by atoms with van der Waals surface area (Å²) in [6, 6.07) is 0. The maximum Gasteiger partial charge on any atom is 0.330 e. The van der Waals surface area contributed by atoms with Crippen molar-refractivity contribution in [2.24, 2.45) is 5.41 Å². The zero-order valence-corrected chi connectivity index (χ0v) is 12.7. The van der Waals surface area contributed by atoms with Crippen molar-refractivity contribution >= 4 is 18.4 Å². The molecule has 0 amide bonds. The molecule has 7 nitrogen and oxygen atoms in total. The molecule has 2 rings (SSSR count). The summed E-state index contributed by atoms with van der Waals surface area (Å²) in [5.74, 6) is -1.11. The fraction of sp³-hybridized carbons (Fsp3) is 0.667. The van der Waals surface area contributed by atoms with Crippen LogP contribution >= 0.6 is 0 Å². The number of hydrogen-bond donors (Lipinski definition) is 0. The van der Waals surface area contributed by atoms with Crippen molar-refractivity contribution in [1.29, 1.82) is 0 Å². The topological polar surface area (TPSA) is 88.1 Å². The number of carbonyl (C=O) groups excluding carboxylic acids is 3. The molecule has 4 atom stereocenters. The molecule has 122 valence electrons. The normalized spacial score (nSPS) is 35.7. The van der Waals surface area contributed by atoms with Crippen molar-refractivity contribution in [3.8, 4) is 0 Å². The van der Waals surface area contributed by atoms with Crippen LogP contribution < -0.4 is 0 Å². The van der Waals surface area contributed by atoms with Gasteiger partial charge in [-0.15, -0.1) is 0 Å². The van der Waals surface area contributed by atoms with Crippen LogP contribution in [-0.4, -0.2) is 49.4 Å². The molecule has 2 fully saturated rings. The summed E-state index contributed by atoms with van der Waals surface area (Å²) in [7, 11) is 0. The Morgan fingerprint density at radius 1 is 1.23 bits per heavy atom. The maximum atomic E-state index is 12.5. The SMILES string of the molecule is C=CC(=O)OCCOC(=O)C1(C)C2CCC(O2)C1(C)OC=O. The lowest BCUT2D eigenvalue weighted by Crippen LogP contribution is -2.58. The molecule has 2 aliphatic rings. The molecule has 22 heavy (non-hydrogen) atoms. The molecular formula is C15H20O7. The number of ether oxygens (including phenoxy) is 4. The molecule has 2 heterocycles. The van der Waals surface area contributed by atoms with Crippen molar-refractivity contribution in [2.75, 3.05) is 13.2 Å². The first kappa shape index (κ1) is 16.5. The predicted octanol–water partition coefficient (Wildman–Crippen LogP) is 0.758. The van der Waals surface area contributed by atoms with Gasteiger partial charge in [-0.3, -0.25) is 9.59 Å². The highest BCUT2D eigenvalue weighted by atomic mass is 16.6. The minimum absolute atomic E-state index is 0.0626. The third-order valence-corrected chi connectivity index (χ3v) is 4.75. The quantitative estimate of drug-likeness (QED) is 0.225. The summed E-state index contributed by atoms with van der Waals surface area (Å²) in [5.41, 5.74) is -2.15. The van der Waals surface area contributed by atoms with Crippen LogP contribution in [0.5, 0.6) is 0 Å². The smallest absolute Gasteiger partial charge is 0.330 e. The van der Waals surface area contributed by atoms with Gasteiger partial charge in [0.05, 0.1) is 12.2 Å². The van der Waals surface area contributed by atoms with Crippen LogP contribution in [-0.2, 0) is 33.3 Å². The Balaban J connectivity index is 2.01. The fourth-order valence-electron chi connectivity index (χ4n) is 3.24. The van der Waals surface area contributed by atoms with Gasteiger partial charge < -0.3 is 18.9 Å². The van der Waals surface area contributed by atoms with Gasteiger partial charge in [0.1, 0.15) is 18.6 Å². The lowest BCUT2D eigenvalue weighted by molar-refractivity contribution is -0.183. The second-order valence-corrected chi connectivity index (χ2v) is 5.72. The molecular weight excluding hydrogens is 292 g/mol. The first-order valence-corrected chi connectivity index (χ1v) is 7.13. The maximum absolute atomic E-state index is 12.5. The molecule has 0 aliphatic carbocycles. The van der Waals surface area contributed by atoms with Crippen LogP contribution in [0.25, 0.3) is 0 Å². The first-order valence-electron chi connectivity index (χ1n) is 7.13. The number of hydrogen-bond acceptors (Lipinski definition) is 7. The highest BCUT2D eigenvalue weighted by molar-refractivity contribution is 5.81. The van der Waals surface area contributed by atoms with Gasteiger partial charge in [0, 0.05) is 6.08 Å². The Bertz CT molecular complexity index is 488. The van der Waals surface area contributed by atoms with Crippen molar-refractivity contribution in [3.05, 3.63) is 12.7 Å². The molecule has 0 aromatic rings. The van der Waals surface area contributed by atoms with Crippen LogP contribution in [0.4, 0.5) is 0 Å². The van der Waals surface area contributed by atoms with Crippen molar-refractivity contribution < 1.29 is 33.3 Å². The largest absolute Gasteiger partial charge is 0.461 e. The Kier molecular flexibility index (Phi) is 4.55. The predicted molar refractivity (Wildman–Crippen MR) is 73.7 cm³/mol. The Labute approximate surface area is 128 Å². The lowest BCUT2D eigenvalue weighted by atomic mass is 9.65. The molecule has 2 saturated heterocycles. The molecule has 0 radical (unpaired) electrons. The molecule has 0 saturated carbocycles. The van der Waals surface area contributed by atoms with Crippen molar-refractivity contribution in [3.63, 3.8) is 0 Å². The summed E-state index contributed by atoms with van der Waals surface area (Å²) >= 11 is 0. The van der Waals surface area contributed by atoms with E-state index in [-0.39, 0.29) is 25.4 Å². The van der Waals surface area contributed by atoms with Gasteiger partial charge in [0.2, 0.25) is 0 Å². The molecule has 0 N–H and O–H groups in total. The van der Waals surface area contributed by atoms with Gasteiger partial charge in [-0.05, 0) is 26.7 Å². The third-order valence-electron chi connectivity index (χ3n) is 4.75. The van der Waals surface area contributed by atoms with E-state index < -0.39 is 23.0 Å². The monoisotopic (exact) mass is 312 g/mol. The third kappa shape index (κ3) is 2.39. The number of carbonyl (C=O) groups is 3. The van der Waals surface area contributed by atoms with Crippen molar-refractivity contribution in [1.82, 2.24) is 0 Å². The zero-order chi connectivity index (χ0) is 16.4. The van der Waals surface area contributed by atoms with Crippen LogP contribution in [0.2, 0.25) is 0 Å². The van der Waals surface area contributed by atoms with Gasteiger partial charge in [-0.25, -0.2) is 4.79 Å². The van der Waals surface area contributed by atoms with E-state index >= 15 is 0 Å². The van der Waals surface area contributed by atoms with E-state index in [0.29, 0.717) is 12.9 Å². The van der Waals surface area contributed by atoms with E-state index in [2.05, 4.69) is 6.58 Å².